The summed E-state index contributed by atoms with van der Waals surface area (Å²) in [5.41, 5.74) is 0. The van der Waals surface area contributed by atoms with Gasteiger partial charge in [-0.3, -0.25) is 9.69 Å². The molecular formula is C15H24N2O2. The van der Waals surface area contributed by atoms with Crippen molar-refractivity contribution in [2.45, 2.75) is 50.6 Å². The number of carboxylic acids is 1. The van der Waals surface area contributed by atoms with Crippen LogP contribution in [-0.2, 0) is 4.79 Å². The van der Waals surface area contributed by atoms with Crippen molar-refractivity contribution in [3.63, 3.8) is 0 Å². The number of aliphatic carboxylic acids is 1. The van der Waals surface area contributed by atoms with E-state index in [-0.39, 0.29) is 6.04 Å². The first-order valence-corrected chi connectivity index (χ1v) is 7.36. The third-order valence-electron chi connectivity index (χ3n) is 4.40. The standard InChI is InChI=1S/C15H24N2O2/c1-2-3-4-9-16-11-7-13(8-12-16)17-10-5-6-14(17)15(18)19/h1,13-14H,3-12H2,(H,18,19). The quantitative estimate of drug-likeness (QED) is 0.602. The lowest BCUT2D eigenvalue weighted by Crippen LogP contribution is -2.48. The van der Waals surface area contributed by atoms with Gasteiger partial charge in [0.15, 0.2) is 0 Å². The maximum absolute atomic E-state index is 11.2. The molecular weight excluding hydrogens is 240 g/mol. The first-order chi connectivity index (χ1) is 9.22. The Hall–Kier alpha value is -1.05. The Kier molecular flexibility index (Phi) is 5.24. The van der Waals surface area contributed by atoms with Gasteiger partial charge in [-0.25, -0.2) is 0 Å². The van der Waals surface area contributed by atoms with Gasteiger partial charge in [0, 0.05) is 12.5 Å². The molecule has 0 radical (unpaired) electrons. The zero-order chi connectivity index (χ0) is 13.7. The van der Waals surface area contributed by atoms with Crippen LogP contribution in [0.25, 0.3) is 0 Å². The molecule has 0 aromatic rings. The summed E-state index contributed by atoms with van der Waals surface area (Å²) in [5.74, 6) is 2.03. The Bertz CT molecular complexity index is 343. The Balaban J connectivity index is 1.76. The van der Waals surface area contributed by atoms with Crippen molar-refractivity contribution in [1.82, 2.24) is 9.80 Å². The van der Waals surface area contributed by atoms with E-state index in [1.807, 2.05) is 0 Å². The number of hydrogen-bond donors (Lipinski definition) is 1. The van der Waals surface area contributed by atoms with Gasteiger partial charge in [0.25, 0.3) is 0 Å². The van der Waals surface area contributed by atoms with Crippen LogP contribution >= 0.6 is 0 Å². The molecule has 2 aliphatic rings. The predicted molar refractivity (Wildman–Crippen MR) is 74.9 cm³/mol. The summed E-state index contributed by atoms with van der Waals surface area (Å²) in [7, 11) is 0. The van der Waals surface area contributed by atoms with Crippen LogP contribution < -0.4 is 0 Å². The Morgan fingerprint density at radius 1 is 1.26 bits per heavy atom. The Morgan fingerprint density at radius 3 is 2.63 bits per heavy atom. The van der Waals surface area contributed by atoms with E-state index >= 15 is 0 Å². The van der Waals surface area contributed by atoms with Gasteiger partial charge in [0.2, 0.25) is 0 Å². The van der Waals surface area contributed by atoms with Crippen LogP contribution in [0.1, 0.15) is 38.5 Å². The lowest BCUT2D eigenvalue weighted by Gasteiger charge is -2.38. The molecule has 1 N–H and O–H groups in total. The van der Waals surface area contributed by atoms with E-state index in [0.717, 1.165) is 64.7 Å². The van der Waals surface area contributed by atoms with E-state index in [2.05, 4.69) is 15.7 Å². The van der Waals surface area contributed by atoms with Gasteiger partial charge in [-0.1, -0.05) is 0 Å². The minimum Gasteiger partial charge on any atom is -0.480 e. The van der Waals surface area contributed by atoms with Gasteiger partial charge in [-0.15, -0.1) is 12.3 Å². The molecule has 0 amide bonds. The first kappa shape index (κ1) is 14.4. The maximum Gasteiger partial charge on any atom is 0.320 e. The molecule has 2 saturated heterocycles. The van der Waals surface area contributed by atoms with Crippen LogP contribution in [0.3, 0.4) is 0 Å². The molecule has 1 unspecified atom stereocenters. The third-order valence-corrected chi connectivity index (χ3v) is 4.40. The van der Waals surface area contributed by atoms with E-state index in [0.29, 0.717) is 6.04 Å². The molecule has 0 aromatic carbocycles. The minimum absolute atomic E-state index is 0.238. The zero-order valence-electron chi connectivity index (χ0n) is 11.6. The number of rotatable bonds is 5. The molecule has 2 rings (SSSR count). The molecule has 106 valence electrons. The van der Waals surface area contributed by atoms with Crippen LogP contribution in [0.15, 0.2) is 0 Å². The molecule has 4 heteroatoms. The number of unbranched alkanes of at least 4 members (excludes halogenated alkanes) is 1. The van der Waals surface area contributed by atoms with Crippen molar-refractivity contribution in [2.24, 2.45) is 0 Å². The molecule has 0 bridgehead atoms. The molecule has 0 spiro atoms. The second kappa shape index (κ2) is 6.93. The maximum atomic E-state index is 11.2. The normalized spacial score (nSPS) is 26.4. The molecule has 2 heterocycles. The number of nitrogens with zero attached hydrogens (tertiary/aromatic N) is 2. The number of piperidine rings is 1. The molecule has 0 aromatic heterocycles. The molecule has 4 nitrogen and oxygen atoms in total. The van der Waals surface area contributed by atoms with Gasteiger partial charge < -0.3 is 10.0 Å². The van der Waals surface area contributed by atoms with Crippen molar-refractivity contribution in [3.05, 3.63) is 0 Å². The average Bonchev–Trinajstić information content (AvgIpc) is 2.89. The summed E-state index contributed by atoms with van der Waals surface area (Å²) >= 11 is 0. The fourth-order valence-corrected chi connectivity index (χ4v) is 3.37. The largest absolute Gasteiger partial charge is 0.480 e. The van der Waals surface area contributed by atoms with E-state index < -0.39 is 5.97 Å². The molecule has 2 aliphatic heterocycles. The van der Waals surface area contributed by atoms with Gasteiger partial charge >= 0.3 is 5.97 Å². The highest BCUT2D eigenvalue weighted by atomic mass is 16.4. The highest BCUT2D eigenvalue weighted by molar-refractivity contribution is 5.73. The highest BCUT2D eigenvalue weighted by Crippen LogP contribution is 2.26. The summed E-state index contributed by atoms with van der Waals surface area (Å²) in [6.07, 6.45) is 11.2. The summed E-state index contributed by atoms with van der Waals surface area (Å²) < 4.78 is 0. The lowest BCUT2D eigenvalue weighted by atomic mass is 10.0. The van der Waals surface area contributed by atoms with Crippen LogP contribution in [0.2, 0.25) is 0 Å². The Morgan fingerprint density at radius 2 is 2.00 bits per heavy atom. The number of carboxylic acid groups (broad SMARTS) is 1. The predicted octanol–water partition coefficient (Wildman–Crippen LogP) is 1.41. The molecule has 0 saturated carbocycles. The van der Waals surface area contributed by atoms with Crippen molar-refractivity contribution in [1.29, 1.82) is 0 Å². The van der Waals surface area contributed by atoms with Crippen LogP contribution in [0, 0.1) is 12.3 Å². The van der Waals surface area contributed by atoms with E-state index in [1.165, 1.54) is 0 Å². The fraction of sp³-hybridized carbons (Fsp3) is 0.800. The number of likely N-dealkylation sites (tertiary alicyclic amines) is 2. The van der Waals surface area contributed by atoms with E-state index in [9.17, 15) is 9.90 Å². The van der Waals surface area contributed by atoms with Gasteiger partial charge in [-0.2, -0.15) is 0 Å². The monoisotopic (exact) mass is 264 g/mol. The smallest absolute Gasteiger partial charge is 0.320 e. The number of hydrogen-bond acceptors (Lipinski definition) is 3. The first-order valence-electron chi connectivity index (χ1n) is 7.36. The summed E-state index contributed by atoms with van der Waals surface area (Å²) in [4.78, 5) is 15.9. The molecule has 2 fully saturated rings. The van der Waals surface area contributed by atoms with Gasteiger partial charge in [0.1, 0.15) is 6.04 Å². The minimum atomic E-state index is -0.644. The SMILES string of the molecule is C#CCCCN1CCC(N2CCCC2C(=O)O)CC1. The lowest BCUT2D eigenvalue weighted by molar-refractivity contribution is -0.143. The number of carbonyl (C=O) groups is 1. The summed E-state index contributed by atoms with van der Waals surface area (Å²) in [6.45, 7) is 4.20. The molecule has 1 atom stereocenters. The van der Waals surface area contributed by atoms with Gasteiger partial charge in [-0.05, 0) is 58.3 Å². The van der Waals surface area contributed by atoms with Crippen molar-refractivity contribution in [3.8, 4) is 12.3 Å². The zero-order valence-corrected chi connectivity index (χ0v) is 11.6. The van der Waals surface area contributed by atoms with E-state index in [4.69, 9.17) is 6.42 Å². The van der Waals surface area contributed by atoms with Crippen molar-refractivity contribution < 1.29 is 9.90 Å². The highest BCUT2D eigenvalue weighted by Gasteiger charge is 2.36. The molecule has 19 heavy (non-hydrogen) atoms. The number of terminal acetylenes is 1. The Labute approximate surface area is 115 Å². The van der Waals surface area contributed by atoms with Crippen LogP contribution in [0.5, 0.6) is 0 Å². The van der Waals surface area contributed by atoms with Crippen LogP contribution in [-0.4, -0.2) is 59.1 Å². The fourth-order valence-electron chi connectivity index (χ4n) is 3.37. The van der Waals surface area contributed by atoms with Gasteiger partial charge in [0.05, 0.1) is 0 Å². The van der Waals surface area contributed by atoms with Crippen molar-refractivity contribution in [2.75, 3.05) is 26.2 Å². The third kappa shape index (κ3) is 3.71. The second-order valence-electron chi connectivity index (χ2n) is 5.61. The second-order valence-corrected chi connectivity index (χ2v) is 5.61. The van der Waals surface area contributed by atoms with Crippen LogP contribution in [0.4, 0.5) is 0 Å². The summed E-state index contributed by atoms with van der Waals surface area (Å²) in [6, 6.07) is 0.227. The summed E-state index contributed by atoms with van der Waals surface area (Å²) in [5, 5.41) is 9.24. The van der Waals surface area contributed by atoms with Crippen molar-refractivity contribution >= 4 is 5.97 Å². The molecule has 0 aliphatic carbocycles. The topological polar surface area (TPSA) is 43.8 Å². The average molecular weight is 264 g/mol. The van der Waals surface area contributed by atoms with E-state index in [1.54, 1.807) is 0 Å².